The fourth-order valence-electron chi connectivity index (χ4n) is 3.43. The van der Waals surface area contributed by atoms with Crippen molar-refractivity contribution < 1.29 is 14.3 Å². The largest absolute Gasteiger partial charge is 0.494 e. The topological polar surface area (TPSA) is 60.5 Å². The fraction of sp³-hybridized carbons (Fsp3) is 0.200. The molecule has 0 unspecified atom stereocenters. The van der Waals surface area contributed by atoms with E-state index >= 15 is 0 Å². The third-order valence-electron chi connectivity index (χ3n) is 4.85. The molecule has 0 atom stereocenters. The van der Waals surface area contributed by atoms with Crippen molar-refractivity contribution in [1.82, 2.24) is 4.98 Å². The van der Waals surface area contributed by atoms with Gasteiger partial charge < -0.3 is 14.8 Å². The number of esters is 1. The Labute approximate surface area is 175 Å². The first-order valence-electron chi connectivity index (χ1n) is 10.2. The van der Waals surface area contributed by atoms with Gasteiger partial charge in [0.2, 0.25) is 0 Å². The molecule has 0 amide bonds. The highest BCUT2D eigenvalue weighted by atomic mass is 16.5. The van der Waals surface area contributed by atoms with E-state index in [2.05, 4.69) is 23.3 Å². The summed E-state index contributed by atoms with van der Waals surface area (Å²) in [5.74, 6) is 0.420. The SMILES string of the molecule is CCCOc1ccc(Nc2c(C(=O)OCC)cnc3c2ccc2ccccc23)cc1. The second-order valence-electron chi connectivity index (χ2n) is 6.95. The lowest BCUT2D eigenvalue weighted by Crippen LogP contribution is -2.09. The lowest BCUT2D eigenvalue weighted by atomic mass is 10.0. The molecule has 0 fully saturated rings. The number of nitrogens with zero attached hydrogens (tertiary/aromatic N) is 1. The highest BCUT2D eigenvalue weighted by Crippen LogP contribution is 2.34. The van der Waals surface area contributed by atoms with E-state index in [0.717, 1.165) is 39.5 Å². The Kier molecular flexibility index (Phi) is 5.80. The van der Waals surface area contributed by atoms with Crippen molar-refractivity contribution in [1.29, 1.82) is 0 Å². The molecule has 0 bridgehead atoms. The first-order chi connectivity index (χ1) is 14.7. The molecule has 4 rings (SSSR count). The summed E-state index contributed by atoms with van der Waals surface area (Å²) in [7, 11) is 0. The van der Waals surface area contributed by atoms with Crippen molar-refractivity contribution in [3.63, 3.8) is 0 Å². The Balaban J connectivity index is 1.81. The minimum atomic E-state index is -0.398. The normalized spacial score (nSPS) is 10.9. The summed E-state index contributed by atoms with van der Waals surface area (Å²) in [5, 5.41) is 6.41. The number of nitrogens with one attached hydrogen (secondary N) is 1. The molecule has 0 saturated carbocycles. The zero-order valence-corrected chi connectivity index (χ0v) is 17.1. The average Bonchev–Trinajstić information content (AvgIpc) is 2.78. The van der Waals surface area contributed by atoms with E-state index in [-0.39, 0.29) is 0 Å². The second-order valence-corrected chi connectivity index (χ2v) is 6.95. The van der Waals surface area contributed by atoms with Crippen LogP contribution in [0.15, 0.2) is 66.9 Å². The van der Waals surface area contributed by atoms with Crippen LogP contribution >= 0.6 is 0 Å². The van der Waals surface area contributed by atoms with Crippen molar-refractivity contribution in [3.8, 4) is 5.75 Å². The lowest BCUT2D eigenvalue weighted by molar-refractivity contribution is 0.0527. The zero-order valence-electron chi connectivity index (χ0n) is 17.1. The van der Waals surface area contributed by atoms with E-state index in [0.29, 0.717) is 24.5 Å². The van der Waals surface area contributed by atoms with Gasteiger partial charge in [-0.1, -0.05) is 43.3 Å². The Bertz CT molecular complexity index is 1190. The van der Waals surface area contributed by atoms with Gasteiger partial charge in [0.25, 0.3) is 0 Å². The van der Waals surface area contributed by atoms with Crippen LogP contribution in [0.1, 0.15) is 30.6 Å². The number of carbonyl (C=O) groups excluding carboxylic acids is 1. The van der Waals surface area contributed by atoms with Crippen LogP contribution in [0.25, 0.3) is 21.7 Å². The molecule has 152 valence electrons. The molecule has 0 radical (unpaired) electrons. The van der Waals surface area contributed by atoms with E-state index in [1.165, 1.54) is 0 Å². The first kappa shape index (κ1) is 19.7. The van der Waals surface area contributed by atoms with Gasteiger partial charge in [-0.2, -0.15) is 0 Å². The molecule has 0 aliphatic rings. The van der Waals surface area contributed by atoms with Gasteiger partial charge >= 0.3 is 5.97 Å². The van der Waals surface area contributed by atoms with E-state index in [4.69, 9.17) is 9.47 Å². The monoisotopic (exact) mass is 400 g/mol. The van der Waals surface area contributed by atoms with Crippen LogP contribution in [0.5, 0.6) is 5.75 Å². The first-order valence-corrected chi connectivity index (χ1v) is 10.2. The van der Waals surface area contributed by atoms with Gasteiger partial charge in [-0.3, -0.25) is 4.98 Å². The zero-order chi connectivity index (χ0) is 20.9. The number of pyridine rings is 1. The van der Waals surface area contributed by atoms with Crippen LogP contribution in [0, 0.1) is 0 Å². The van der Waals surface area contributed by atoms with Gasteiger partial charge in [-0.15, -0.1) is 0 Å². The summed E-state index contributed by atoms with van der Waals surface area (Å²) in [6.07, 6.45) is 2.55. The number of rotatable bonds is 7. The van der Waals surface area contributed by atoms with Crippen LogP contribution in [0.4, 0.5) is 11.4 Å². The maximum absolute atomic E-state index is 12.6. The van der Waals surface area contributed by atoms with E-state index in [1.807, 2.05) is 54.6 Å². The molecule has 30 heavy (non-hydrogen) atoms. The van der Waals surface area contributed by atoms with Crippen molar-refractivity contribution in [2.45, 2.75) is 20.3 Å². The quantitative estimate of drug-likeness (QED) is 0.300. The van der Waals surface area contributed by atoms with Gasteiger partial charge in [-0.25, -0.2) is 4.79 Å². The molecule has 0 aliphatic heterocycles. The molecular weight excluding hydrogens is 376 g/mol. The third kappa shape index (κ3) is 3.92. The molecule has 1 aromatic heterocycles. The molecular formula is C25H24N2O3. The maximum atomic E-state index is 12.6. The number of fused-ring (bicyclic) bond motifs is 3. The second kappa shape index (κ2) is 8.82. The van der Waals surface area contributed by atoms with Gasteiger partial charge in [0.15, 0.2) is 0 Å². The smallest absolute Gasteiger partial charge is 0.341 e. The minimum absolute atomic E-state index is 0.303. The van der Waals surface area contributed by atoms with E-state index < -0.39 is 5.97 Å². The molecule has 4 aromatic rings. The van der Waals surface area contributed by atoms with Crippen molar-refractivity contribution >= 4 is 39.0 Å². The Morgan fingerprint density at radius 3 is 2.53 bits per heavy atom. The highest BCUT2D eigenvalue weighted by Gasteiger charge is 2.18. The number of carbonyl (C=O) groups is 1. The molecule has 5 nitrogen and oxygen atoms in total. The van der Waals surface area contributed by atoms with E-state index in [1.54, 1.807) is 13.1 Å². The van der Waals surface area contributed by atoms with Crippen LogP contribution in [-0.4, -0.2) is 24.2 Å². The van der Waals surface area contributed by atoms with Gasteiger partial charge in [-0.05, 0) is 43.0 Å². The van der Waals surface area contributed by atoms with Crippen LogP contribution in [0.3, 0.4) is 0 Å². The summed E-state index contributed by atoms with van der Waals surface area (Å²) in [4.78, 5) is 17.2. The highest BCUT2D eigenvalue weighted by molar-refractivity contribution is 6.13. The number of aromatic nitrogens is 1. The van der Waals surface area contributed by atoms with Crippen molar-refractivity contribution in [3.05, 3.63) is 72.4 Å². The van der Waals surface area contributed by atoms with Crippen molar-refractivity contribution in [2.75, 3.05) is 18.5 Å². The lowest BCUT2D eigenvalue weighted by Gasteiger charge is -2.15. The fourth-order valence-corrected chi connectivity index (χ4v) is 3.43. The molecule has 0 spiro atoms. The summed E-state index contributed by atoms with van der Waals surface area (Å²) in [6, 6.07) is 19.8. The van der Waals surface area contributed by atoms with Gasteiger partial charge in [0.05, 0.1) is 24.4 Å². The molecule has 3 aromatic carbocycles. The minimum Gasteiger partial charge on any atom is -0.494 e. The molecule has 1 heterocycles. The van der Waals surface area contributed by atoms with Gasteiger partial charge in [0, 0.05) is 22.7 Å². The van der Waals surface area contributed by atoms with Crippen LogP contribution < -0.4 is 10.1 Å². The van der Waals surface area contributed by atoms with Gasteiger partial charge in [0.1, 0.15) is 11.3 Å². The standard InChI is InChI=1S/C25H24N2O3/c1-3-15-30-19-12-10-18(11-13-19)27-24-21-14-9-17-7-5-6-8-20(17)23(21)26-16-22(24)25(28)29-4-2/h5-14,16H,3-4,15H2,1-2H3,(H,26,27). The number of benzene rings is 3. The summed E-state index contributed by atoms with van der Waals surface area (Å²) in [5.41, 5.74) is 2.79. The summed E-state index contributed by atoms with van der Waals surface area (Å²) < 4.78 is 10.9. The molecule has 0 aliphatic carbocycles. The predicted molar refractivity (Wildman–Crippen MR) is 121 cm³/mol. The summed E-state index contributed by atoms with van der Waals surface area (Å²) >= 11 is 0. The summed E-state index contributed by atoms with van der Waals surface area (Å²) in [6.45, 7) is 4.85. The average molecular weight is 400 g/mol. The Hall–Kier alpha value is -3.60. The van der Waals surface area contributed by atoms with Crippen molar-refractivity contribution in [2.24, 2.45) is 0 Å². The van der Waals surface area contributed by atoms with E-state index in [9.17, 15) is 4.79 Å². The number of anilines is 2. The molecule has 0 saturated heterocycles. The van der Waals surface area contributed by atoms with Crippen LogP contribution in [0.2, 0.25) is 0 Å². The predicted octanol–water partition coefficient (Wildman–Crippen LogP) is 6.10. The number of hydrogen-bond donors (Lipinski definition) is 1. The molecule has 5 heteroatoms. The third-order valence-corrected chi connectivity index (χ3v) is 4.85. The number of hydrogen-bond acceptors (Lipinski definition) is 5. The van der Waals surface area contributed by atoms with Crippen LogP contribution in [-0.2, 0) is 4.74 Å². The Morgan fingerprint density at radius 2 is 1.77 bits per heavy atom. The maximum Gasteiger partial charge on any atom is 0.341 e. The molecule has 1 N–H and O–H groups in total. The number of ether oxygens (including phenoxy) is 2. The Morgan fingerprint density at radius 1 is 0.967 bits per heavy atom.